The Kier molecular flexibility index (Phi) is 3.86. The molecule has 88 valence electrons. The van der Waals surface area contributed by atoms with Gasteiger partial charge in [-0.2, -0.15) is 4.98 Å². The number of nitrogens with zero attached hydrogens (tertiary/aromatic N) is 3. The highest BCUT2D eigenvalue weighted by molar-refractivity contribution is 9.09. The Bertz CT molecular complexity index is 373. The van der Waals surface area contributed by atoms with E-state index >= 15 is 0 Å². The van der Waals surface area contributed by atoms with E-state index in [1.54, 1.807) is 13.3 Å². The summed E-state index contributed by atoms with van der Waals surface area (Å²) in [5.74, 6) is 0.774. The molecule has 0 aliphatic heterocycles. The SMILES string of the molecule is COc1ncc(Cl)c(N(CCBr)C2CC2)n1. The topological polar surface area (TPSA) is 38.2 Å². The molecule has 1 aliphatic rings. The summed E-state index contributed by atoms with van der Waals surface area (Å²) < 4.78 is 5.02. The lowest BCUT2D eigenvalue weighted by molar-refractivity contribution is 0.379. The molecule has 1 aromatic heterocycles. The van der Waals surface area contributed by atoms with Gasteiger partial charge in [-0.15, -0.1) is 0 Å². The first-order chi connectivity index (χ1) is 7.76. The molecule has 1 aliphatic carbocycles. The number of anilines is 1. The van der Waals surface area contributed by atoms with Gasteiger partial charge in [0, 0.05) is 17.9 Å². The van der Waals surface area contributed by atoms with E-state index in [4.69, 9.17) is 16.3 Å². The van der Waals surface area contributed by atoms with Crippen molar-refractivity contribution in [1.82, 2.24) is 9.97 Å². The Morgan fingerprint density at radius 2 is 2.38 bits per heavy atom. The zero-order chi connectivity index (χ0) is 11.5. The second kappa shape index (κ2) is 5.19. The Morgan fingerprint density at radius 3 is 2.94 bits per heavy atom. The highest BCUT2D eigenvalue weighted by Crippen LogP contribution is 2.34. The largest absolute Gasteiger partial charge is 0.467 e. The van der Waals surface area contributed by atoms with Crippen LogP contribution in [0.2, 0.25) is 5.02 Å². The predicted octanol–water partition coefficient (Wildman–Crippen LogP) is 2.50. The van der Waals surface area contributed by atoms with E-state index in [0.29, 0.717) is 17.1 Å². The van der Waals surface area contributed by atoms with Crippen LogP contribution in [-0.4, -0.2) is 35.0 Å². The Labute approximate surface area is 108 Å². The van der Waals surface area contributed by atoms with Crippen LogP contribution in [0.25, 0.3) is 0 Å². The first-order valence-corrected chi connectivity index (χ1v) is 6.65. The third-order valence-electron chi connectivity index (χ3n) is 2.47. The zero-order valence-corrected chi connectivity index (χ0v) is 11.3. The van der Waals surface area contributed by atoms with E-state index in [9.17, 15) is 0 Å². The molecule has 0 N–H and O–H groups in total. The number of rotatable bonds is 5. The first-order valence-electron chi connectivity index (χ1n) is 5.15. The van der Waals surface area contributed by atoms with Gasteiger partial charge in [0.05, 0.1) is 13.3 Å². The van der Waals surface area contributed by atoms with Crippen LogP contribution in [0.4, 0.5) is 5.82 Å². The standard InChI is InChI=1S/C10H13BrClN3O/c1-16-10-13-6-8(12)9(14-10)15(5-4-11)7-2-3-7/h6-7H,2-5H2,1H3. The number of alkyl halides is 1. The van der Waals surface area contributed by atoms with Gasteiger partial charge < -0.3 is 9.64 Å². The van der Waals surface area contributed by atoms with Gasteiger partial charge in [0.2, 0.25) is 0 Å². The summed E-state index contributed by atoms with van der Waals surface area (Å²) in [4.78, 5) is 10.5. The molecule has 1 saturated carbocycles. The van der Waals surface area contributed by atoms with E-state index in [-0.39, 0.29) is 0 Å². The van der Waals surface area contributed by atoms with Crippen molar-refractivity contribution in [3.63, 3.8) is 0 Å². The highest BCUT2D eigenvalue weighted by Gasteiger charge is 2.31. The predicted molar refractivity (Wildman–Crippen MR) is 67.8 cm³/mol. The highest BCUT2D eigenvalue weighted by atomic mass is 79.9. The molecule has 0 unspecified atom stereocenters. The minimum absolute atomic E-state index is 0.361. The van der Waals surface area contributed by atoms with Gasteiger partial charge in [-0.05, 0) is 12.8 Å². The molecule has 0 aromatic carbocycles. The van der Waals surface area contributed by atoms with Crippen LogP contribution >= 0.6 is 27.5 Å². The fraction of sp³-hybridized carbons (Fsp3) is 0.600. The molecule has 1 heterocycles. The van der Waals surface area contributed by atoms with Crippen LogP contribution in [0.5, 0.6) is 6.01 Å². The molecule has 2 rings (SSSR count). The average molecular weight is 307 g/mol. The Balaban J connectivity index is 2.27. The quantitative estimate of drug-likeness (QED) is 0.784. The van der Waals surface area contributed by atoms with Gasteiger partial charge in [0.25, 0.3) is 0 Å². The Hall–Kier alpha value is -0.550. The van der Waals surface area contributed by atoms with Gasteiger partial charge >= 0.3 is 6.01 Å². The number of methoxy groups -OCH3 is 1. The second-order valence-corrected chi connectivity index (χ2v) is 4.84. The maximum Gasteiger partial charge on any atom is 0.318 e. The third kappa shape index (κ3) is 2.58. The lowest BCUT2D eigenvalue weighted by Gasteiger charge is -2.23. The zero-order valence-electron chi connectivity index (χ0n) is 8.99. The maximum atomic E-state index is 6.12. The fourth-order valence-corrected chi connectivity index (χ4v) is 2.16. The van der Waals surface area contributed by atoms with Crippen LogP contribution in [0, 0.1) is 0 Å². The number of aromatic nitrogens is 2. The minimum atomic E-state index is 0.361. The number of hydrogen-bond donors (Lipinski definition) is 0. The van der Waals surface area contributed by atoms with Crippen LogP contribution in [0.3, 0.4) is 0 Å². The van der Waals surface area contributed by atoms with E-state index in [1.807, 2.05) is 0 Å². The van der Waals surface area contributed by atoms with Crippen molar-refractivity contribution in [2.24, 2.45) is 0 Å². The number of hydrogen-bond acceptors (Lipinski definition) is 4. The van der Waals surface area contributed by atoms with E-state index < -0.39 is 0 Å². The molecule has 0 spiro atoms. The van der Waals surface area contributed by atoms with Crippen LogP contribution in [0.1, 0.15) is 12.8 Å². The summed E-state index contributed by atoms with van der Waals surface area (Å²) in [5, 5.41) is 1.47. The lowest BCUT2D eigenvalue weighted by Crippen LogP contribution is -2.29. The van der Waals surface area contributed by atoms with E-state index in [2.05, 4.69) is 30.8 Å². The molecule has 1 fully saturated rings. The van der Waals surface area contributed by atoms with Crippen LogP contribution in [0.15, 0.2) is 6.20 Å². The van der Waals surface area contributed by atoms with Crippen LogP contribution in [-0.2, 0) is 0 Å². The summed E-state index contributed by atoms with van der Waals surface area (Å²) in [6.07, 6.45) is 4.00. The van der Waals surface area contributed by atoms with Gasteiger partial charge in [0.15, 0.2) is 5.82 Å². The smallest absolute Gasteiger partial charge is 0.318 e. The van der Waals surface area contributed by atoms with Gasteiger partial charge in [-0.25, -0.2) is 4.98 Å². The maximum absolute atomic E-state index is 6.12. The van der Waals surface area contributed by atoms with Gasteiger partial charge in [-0.1, -0.05) is 27.5 Å². The number of halogens is 2. The molecule has 0 atom stereocenters. The van der Waals surface area contributed by atoms with Crippen molar-refractivity contribution >= 4 is 33.3 Å². The Morgan fingerprint density at radius 1 is 1.62 bits per heavy atom. The monoisotopic (exact) mass is 305 g/mol. The van der Waals surface area contributed by atoms with Crippen LogP contribution < -0.4 is 9.64 Å². The molecule has 0 amide bonds. The molecule has 1 aromatic rings. The second-order valence-electron chi connectivity index (χ2n) is 3.64. The van der Waals surface area contributed by atoms with Crippen molar-refractivity contribution in [2.45, 2.75) is 18.9 Å². The summed E-state index contributed by atoms with van der Waals surface area (Å²) >= 11 is 9.56. The molecule has 0 radical (unpaired) electrons. The van der Waals surface area contributed by atoms with E-state index in [1.165, 1.54) is 12.8 Å². The summed E-state index contributed by atoms with van der Waals surface area (Å²) in [5.41, 5.74) is 0. The molecule has 0 bridgehead atoms. The summed E-state index contributed by atoms with van der Waals surface area (Å²) in [6, 6.07) is 0.925. The molecular weight excluding hydrogens is 293 g/mol. The van der Waals surface area contributed by atoms with Crippen molar-refractivity contribution in [3.8, 4) is 6.01 Å². The lowest BCUT2D eigenvalue weighted by atomic mass is 10.4. The average Bonchev–Trinajstić information content (AvgIpc) is 3.11. The molecule has 4 nitrogen and oxygen atoms in total. The van der Waals surface area contributed by atoms with Gasteiger partial charge in [0.1, 0.15) is 5.02 Å². The first kappa shape index (κ1) is 11.9. The fourth-order valence-electron chi connectivity index (χ4n) is 1.58. The molecule has 0 saturated heterocycles. The molecule has 16 heavy (non-hydrogen) atoms. The van der Waals surface area contributed by atoms with Crippen molar-refractivity contribution in [3.05, 3.63) is 11.2 Å². The number of ether oxygens (including phenoxy) is 1. The normalized spacial score (nSPS) is 14.9. The van der Waals surface area contributed by atoms with Crippen molar-refractivity contribution in [1.29, 1.82) is 0 Å². The van der Waals surface area contributed by atoms with Crippen molar-refractivity contribution < 1.29 is 4.74 Å². The molecule has 6 heteroatoms. The summed E-state index contributed by atoms with van der Waals surface area (Å²) in [7, 11) is 1.55. The van der Waals surface area contributed by atoms with E-state index in [0.717, 1.165) is 17.7 Å². The third-order valence-corrected chi connectivity index (χ3v) is 3.09. The summed E-state index contributed by atoms with van der Waals surface area (Å²) in [6.45, 7) is 0.893. The minimum Gasteiger partial charge on any atom is -0.467 e. The van der Waals surface area contributed by atoms with Crippen molar-refractivity contribution in [2.75, 3.05) is 23.9 Å². The van der Waals surface area contributed by atoms with Gasteiger partial charge in [-0.3, -0.25) is 0 Å². The molecular formula is C10H13BrClN3O.